The molecular weight excluding hydrogens is 270 g/mol. The summed E-state index contributed by atoms with van der Waals surface area (Å²) >= 11 is 3.94. The van der Waals surface area contributed by atoms with E-state index in [2.05, 4.69) is 38.1 Å². The first-order valence-electron chi connectivity index (χ1n) is 6.67. The predicted molar refractivity (Wildman–Crippen MR) is 86.1 cm³/mol. The average molecular weight is 289 g/mol. The molecule has 0 saturated heterocycles. The van der Waals surface area contributed by atoms with Gasteiger partial charge in [0.25, 0.3) is 0 Å². The molecule has 2 aromatic rings. The molecule has 3 heteroatoms. The van der Waals surface area contributed by atoms with Crippen molar-refractivity contribution >= 4 is 23.1 Å². The molecule has 1 aliphatic rings. The van der Waals surface area contributed by atoms with Crippen LogP contribution in [0.4, 0.5) is 0 Å². The van der Waals surface area contributed by atoms with Crippen LogP contribution < -0.4 is 5.73 Å². The summed E-state index contributed by atoms with van der Waals surface area (Å²) in [5.74, 6) is 2.41. The number of nitrogens with two attached hydrogens (primary N) is 1. The fraction of sp³-hybridized carbons (Fsp3) is 0.375. The summed E-state index contributed by atoms with van der Waals surface area (Å²) in [5, 5.41) is 0. The van der Waals surface area contributed by atoms with Crippen LogP contribution in [0.25, 0.3) is 0 Å². The third kappa shape index (κ3) is 2.60. The minimum atomic E-state index is 0.0289. The van der Waals surface area contributed by atoms with E-state index in [-0.39, 0.29) is 6.04 Å². The molecule has 2 heterocycles. The normalized spacial score (nSPS) is 16.2. The largest absolute Gasteiger partial charge is 0.320 e. The van der Waals surface area contributed by atoms with Gasteiger partial charge in [-0.25, -0.2) is 0 Å². The lowest BCUT2D eigenvalue weighted by molar-refractivity contribution is 0.880. The maximum atomic E-state index is 6.48. The Bertz CT molecular complexity index is 577. The quantitative estimate of drug-likeness (QED) is 0.896. The lowest BCUT2D eigenvalue weighted by Crippen LogP contribution is -2.11. The van der Waals surface area contributed by atoms with E-state index in [4.69, 9.17) is 5.73 Å². The third-order valence-electron chi connectivity index (χ3n) is 3.71. The van der Waals surface area contributed by atoms with E-state index in [1.807, 2.05) is 23.1 Å². The molecule has 19 heavy (non-hydrogen) atoms. The monoisotopic (exact) mass is 289 g/mol. The number of benzene rings is 1. The summed E-state index contributed by atoms with van der Waals surface area (Å²) in [5.41, 5.74) is 11.9. The molecule has 0 spiro atoms. The molecule has 0 amide bonds. The Morgan fingerprint density at radius 2 is 2.05 bits per heavy atom. The highest BCUT2D eigenvalue weighted by atomic mass is 32.2. The molecule has 0 aliphatic carbocycles. The fourth-order valence-electron chi connectivity index (χ4n) is 2.65. The van der Waals surface area contributed by atoms with Crippen molar-refractivity contribution in [1.82, 2.24) is 0 Å². The van der Waals surface area contributed by atoms with E-state index in [0.717, 1.165) is 5.75 Å². The van der Waals surface area contributed by atoms with Crippen molar-refractivity contribution in [3.8, 4) is 0 Å². The second kappa shape index (κ2) is 5.31. The summed E-state index contributed by atoms with van der Waals surface area (Å²) in [6.45, 7) is 4.29. The number of fused-ring (bicyclic) bond motifs is 1. The summed E-state index contributed by atoms with van der Waals surface area (Å²) in [6.07, 6.45) is 1.21. The Morgan fingerprint density at radius 3 is 2.79 bits per heavy atom. The zero-order chi connectivity index (χ0) is 13.4. The van der Waals surface area contributed by atoms with Crippen molar-refractivity contribution in [2.75, 3.05) is 5.75 Å². The van der Waals surface area contributed by atoms with Crippen molar-refractivity contribution in [2.24, 2.45) is 5.73 Å². The van der Waals surface area contributed by atoms with Crippen LogP contribution in [0, 0.1) is 13.8 Å². The van der Waals surface area contributed by atoms with Gasteiger partial charge in [-0.3, -0.25) is 0 Å². The Labute approximate surface area is 123 Å². The lowest BCUT2D eigenvalue weighted by atomic mass is 9.98. The van der Waals surface area contributed by atoms with E-state index in [9.17, 15) is 0 Å². The molecule has 0 fully saturated rings. The number of thioether (sulfide) groups is 1. The fourth-order valence-corrected chi connectivity index (χ4v) is 5.05. The summed E-state index contributed by atoms with van der Waals surface area (Å²) in [4.78, 5) is 2.87. The zero-order valence-corrected chi connectivity index (χ0v) is 13.0. The average Bonchev–Trinajstić information content (AvgIpc) is 2.81. The van der Waals surface area contributed by atoms with E-state index in [1.165, 1.54) is 39.3 Å². The van der Waals surface area contributed by atoms with Crippen LogP contribution in [0.2, 0.25) is 0 Å². The number of thiophene rings is 1. The third-order valence-corrected chi connectivity index (χ3v) is 6.04. The molecule has 1 unspecified atom stereocenters. The number of hydrogen-bond donors (Lipinski definition) is 1. The molecular formula is C16H19NS2. The van der Waals surface area contributed by atoms with E-state index in [1.54, 1.807) is 4.88 Å². The highest BCUT2D eigenvalue weighted by Gasteiger charge is 2.19. The first-order valence-corrected chi connectivity index (χ1v) is 8.64. The second-order valence-corrected chi connectivity index (χ2v) is 7.51. The SMILES string of the molecule is Cc1ccc(C(N)c2cc3c(s2)CCSC3)c(C)c1. The molecule has 1 atom stereocenters. The van der Waals surface area contributed by atoms with Gasteiger partial charge >= 0.3 is 0 Å². The molecule has 1 aromatic heterocycles. The van der Waals surface area contributed by atoms with Crippen LogP contribution >= 0.6 is 23.1 Å². The molecule has 0 radical (unpaired) electrons. The topological polar surface area (TPSA) is 26.0 Å². The van der Waals surface area contributed by atoms with Crippen LogP contribution in [0.3, 0.4) is 0 Å². The highest BCUT2D eigenvalue weighted by Crippen LogP contribution is 2.36. The number of rotatable bonds is 2. The van der Waals surface area contributed by atoms with Crippen molar-refractivity contribution in [2.45, 2.75) is 32.1 Å². The van der Waals surface area contributed by atoms with E-state index >= 15 is 0 Å². The Balaban J connectivity index is 1.94. The van der Waals surface area contributed by atoms with E-state index < -0.39 is 0 Å². The minimum Gasteiger partial charge on any atom is -0.320 e. The lowest BCUT2D eigenvalue weighted by Gasteiger charge is -2.13. The Hall–Kier alpha value is -0.770. The Kier molecular flexibility index (Phi) is 3.70. The van der Waals surface area contributed by atoms with Gasteiger partial charge in [0.15, 0.2) is 0 Å². The second-order valence-electron chi connectivity index (χ2n) is 5.24. The molecule has 1 nitrogen and oxygen atoms in total. The molecule has 3 rings (SSSR count). The van der Waals surface area contributed by atoms with Crippen LogP contribution in [0.1, 0.15) is 38.0 Å². The molecule has 0 saturated carbocycles. The van der Waals surface area contributed by atoms with Gasteiger partial charge in [0, 0.05) is 15.5 Å². The summed E-state index contributed by atoms with van der Waals surface area (Å²) in [6, 6.07) is 8.92. The van der Waals surface area contributed by atoms with Crippen molar-refractivity contribution in [3.63, 3.8) is 0 Å². The maximum Gasteiger partial charge on any atom is 0.0648 e. The molecule has 1 aromatic carbocycles. The summed E-state index contributed by atoms with van der Waals surface area (Å²) < 4.78 is 0. The van der Waals surface area contributed by atoms with Gasteiger partial charge in [0.1, 0.15) is 0 Å². The van der Waals surface area contributed by atoms with Gasteiger partial charge in [0.2, 0.25) is 0 Å². The van der Waals surface area contributed by atoms with Gasteiger partial charge < -0.3 is 5.73 Å². The van der Waals surface area contributed by atoms with Gasteiger partial charge in [-0.05, 0) is 48.8 Å². The zero-order valence-electron chi connectivity index (χ0n) is 11.4. The first-order chi connectivity index (χ1) is 9.15. The minimum absolute atomic E-state index is 0.0289. The molecule has 2 N–H and O–H groups in total. The van der Waals surface area contributed by atoms with Gasteiger partial charge in [0.05, 0.1) is 6.04 Å². The first kappa shape index (κ1) is 13.2. The van der Waals surface area contributed by atoms with Crippen LogP contribution in [-0.2, 0) is 12.2 Å². The molecule has 0 bridgehead atoms. The number of aryl methyl sites for hydroxylation is 3. The van der Waals surface area contributed by atoms with Crippen molar-refractivity contribution < 1.29 is 0 Å². The number of hydrogen-bond acceptors (Lipinski definition) is 3. The standard InChI is InChI=1S/C16H19NS2/c1-10-3-4-13(11(2)7-10)16(17)15-8-12-9-18-6-5-14(12)19-15/h3-4,7-8,16H,5-6,9,17H2,1-2H3. The van der Waals surface area contributed by atoms with Crippen LogP contribution in [0.15, 0.2) is 24.3 Å². The van der Waals surface area contributed by atoms with Crippen molar-refractivity contribution in [3.05, 3.63) is 56.3 Å². The predicted octanol–water partition coefficient (Wildman–Crippen LogP) is 4.20. The summed E-state index contributed by atoms with van der Waals surface area (Å²) in [7, 11) is 0. The van der Waals surface area contributed by atoms with Crippen LogP contribution in [-0.4, -0.2) is 5.75 Å². The van der Waals surface area contributed by atoms with Gasteiger partial charge in [-0.15, -0.1) is 11.3 Å². The van der Waals surface area contributed by atoms with Gasteiger partial charge in [-0.1, -0.05) is 23.8 Å². The maximum absolute atomic E-state index is 6.48. The smallest absolute Gasteiger partial charge is 0.0648 e. The Morgan fingerprint density at radius 1 is 1.21 bits per heavy atom. The van der Waals surface area contributed by atoms with Crippen LogP contribution in [0.5, 0.6) is 0 Å². The van der Waals surface area contributed by atoms with Crippen molar-refractivity contribution in [1.29, 1.82) is 0 Å². The van der Waals surface area contributed by atoms with Gasteiger partial charge in [-0.2, -0.15) is 11.8 Å². The molecule has 1 aliphatic heterocycles. The molecule has 100 valence electrons. The van der Waals surface area contributed by atoms with E-state index in [0.29, 0.717) is 0 Å². The highest BCUT2D eigenvalue weighted by molar-refractivity contribution is 7.98.